The van der Waals surface area contributed by atoms with E-state index in [-0.39, 0.29) is 5.41 Å². The van der Waals surface area contributed by atoms with Crippen molar-refractivity contribution in [3.05, 3.63) is 0 Å². The van der Waals surface area contributed by atoms with Gasteiger partial charge in [-0.2, -0.15) is 11.8 Å². The Morgan fingerprint density at radius 3 is 2.53 bits per heavy atom. The van der Waals surface area contributed by atoms with E-state index in [0.717, 1.165) is 18.6 Å². The molecular weight excluding hydrogens is 236 g/mol. The Morgan fingerprint density at radius 2 is 2.06 bits per heavy atom. The minimum atomic E-state index is -1.03. The van der Waals surface area contributed by atoms with Crippen molar-refractivity contribution in [3.63, 3.8) is 0 Å². The van der Waals surface area contributed by atoms with Crippen LogP contribution in [0.5, 0.6) is 0 Å². The Bertz CT molecular complexity index is 278. The molecule has 100 valence electrons. The lowest BCUT2D eigenvalue weighted by atomic mass is 9.74. The summed E-state index contributed by atoms with van der Waals surface area (Å²) in [6.07, 6.45) is 3.01. The first-order chi connectivity index (χ1) is 7.81. The Kier molecular flexibility index (Phi) is 4.90. The molecule has 2 N–H and O–H groups in total. The molecule has 0 aromatic carbocycles. The van der Waals surface area contributed by atoms with Gasteiger partial charge in [0.2, 0.25) is 0 Å². The standard InChI is InChI=1S/C13H24O3S/c1-4-5-6-10(11(14)15)13(16)7-12(2,3)8-17-9-13/h10,16H,4-9H2,1-3H3,(H,14,15). The molecule has 1 aliphatic heterocycles. The monoisotopic (exact) mass is 260 g/mol. The molecule has 1 heterocycles. The van der Waals surface area contributed by atoms with E-state index in [2.05, 4.69) is 13.8 Å². The predicted octanol–water partition coefficient (Wildman–Crippen LogP) is 2.77. The lowest BCUT2D eigenvalue weighted by molar-refractivity contribution is -0.153. The van der Waals surface area contributed by atoms with Crippen molar-refractivity contribution < 1.29 is 15.0 Å². The normalized spacial score (nSPS) is 29.9. The molecule has 2 unspecified atom stereocenters. The van der Waals surface area contributed by atoms with Crippen molar-refractivity contribution in [2.24, 2.45) is 11.3 Å². The molecular formula is C13H24O3S. The molecule has 3 nitrogen and oxygen atoms in total. The molecule has 0 amide bonds. The van der Waals surface area contributed by atoms with Crippen molar-refractivity contribution in [2.45, 2.75) is 52.1 Å². The summed E-state index contributed by atoms with van der Waals surface area (Å²) in [4.78, 5) is 11.4. The van der Waals surface area contributed by atoms with Crippen molar-refractivity contribution in [3.8, 4) is 0 Å². The molecule has 0 radical (unpaired) electrons. The molecule has 17 heavy (non-hydrogen) atoms. The van der Waals surface area contributed by atoms with Crippen LogP contribution in [0.25, 0.3) is 0 Å². The number of aliphatic carboxylic acids is 1. The number of hydrogen-bond donors (Lipinski definition) is 2. The first-order valence-corrected chi connectivity index (χ1v) is 7.49. The van der Waals surface area contributed by atoms with Crippen LogP contribution in [0.3, 0.4) is 0 Å². The van der Waals surface area contributed by atoms with E-state index in [1.807, 2.05) is 6.92 Å². The molecule has 4 heteroatoms. The van der Waals surface area contributed by atoms with Gasteiger partial charge in [-0.1, -0.05) is 33.6 Å². The lowest BCUT2D eigenvalue weighted by Gasteiger charge is -2.44. The smallest absolute Gasteiger partial charge is 0.309 e. The Morgan fingerprint density at radius 1 is 1.41 bits per heavy atom. The molecule has 0 spiro atoms. The highest BCUT2D eigenvalue weighted by atomic mass is 32.2. The molecule has 1 rings (SSSR count). The third kappa shape index (κ3) is 3.88. The largest absolute Gasteiger partial charge is 0.481 e. The van der Waals surface area contributed by atoms with Gasteiger partial charge in [0.15, 0.2) is 0 Å². The molecule has 0 bridgehead atoms. The number of thioether (sulfide) groups is 1. The lowest BCUT2D eigenvalue weighted by Crippen LogP contribution is -2.50. The summed E-state index contributed by atoms with van der Waals surface area (Å²) in [5, 5.41) is 20.0. The van der Waals surface area contributed by atoms with E-state index in [4.69, 9.17) is 0 Å². The molecule has 2 atom stereocenters. The van der Waals surface area contributed by atoms with Crippen LogP contribution in [0.1, 0.15) is 46.5 Å². The molecule has 0 aromatic heterocycles. The summed E-state index contributed by atoms with van der Waals surface area (Å²) in [6, 6.07) is 0. The summed E-state index contributed by atoms with van der Waals surface area (Å²) in [5.41, 5.74) is -1.01. The van der Waals surface area contributed by atoms with Crippen LogP contribution in [0, 0.1) is 11.3 Å². The topological polar surface area (TPSA) is 57.5 Å². The zero-order chi connectivity index (χ0) is 13.1. The number of carbonyl (C=O) groups is 1. The number of unbranched alkanes of at least 4 members (excludes halogenated alkanes) is 1. The minimum absolute atomic E-state index is 0.0254. The van der Waals surface area contributed by atoms with Gasteiger partial charge in [-0.15, -0.1) is 0 Å². The second kappa shape index (κ2) is 5.61. The molecule has 1 saturated heterocycles. The quantitative estimate of drug-likeness (QED) is 0.798. The van der Waals surface area contributed by atoms with Gasteiger partial charge < -0.3 is 10.2 Å². The van der Waals surface area contributed by atoms with Gasteiger partial charge in [0.05, 0.1) is 11.5 Å². The second-order valence-corrected chi connectivity index (χ2v) is 6.96. The molecule has 0 aliphatic carbocycles. The Hall–Kier alpha value is -0.220. The predicted molar refractivity (Wildman–Crippen MR) is 71.3 cm³/mol. The number of hydrogen-bond acceptors (Lipinski definition) is 3. The van der Waals surface area contributed by atoms with E-state index in [1.54, 1.807) is 11.8 Å². The van der Waals surface area contributed by atoms with Crippen LogP contribution >= 0.6 is 11.8 Å². The first-order valence-electron chi connectivity index (χ1n) is 6.34. The third-order valence-corrected chi connectivity index (χ3v) is 5.11. The van der Waals surface area contributed by atoms with Crippen LogP contribution < -0.4 is 0 Å². The van der Waals surface area contributed by atoms with Crippen LogP contribution in [-0.2, 0) is 4.79 Å². The highest BCUT2D eigenvalue weighted by Crippen LogP contribution is 2.43. The van der Waals surface area contributed by atoms with Gasteiger partial charge >= 0.3 is 5.97 Å². The highest BCUT2D eigenvalue weighted by Gasteiger charge is 2.47. The highest BCUT2D eigenvalue weighted by molar-refractivity contribution is 7.99. The van der Waals surface area contributed by atoms with E-state index < -0.39 is 17.5 Å². The minimum Gasteiger partial charge on any atom is -0.481 e. The van der Waals surface area contributed by atoms with E-state index in [1.165, 1.54) is 0 Å². The fraction of sp³-hybridized carbons (Fsp3) is 0.923. The molecule has 0 saturated carbocycles. The van der Waals surface area contributed by atoms with E-state index >= 15 is 0 Å². The maximum atomic E-state index is 11.4. The zero-order valence-electron chi connectivity index (χ0n) is 11.0. The molecule has 0 aromatic rings. The maximum absolute atomic E-state index is 11.4. The van der Waals surface area contributed by atoms with Crippen LogP contribution in [0.4, 0.5) is 0 Å². The number of rotatable bonds is 5. The van der Waals surface area contributed by atoms with Crippen molar-refractivity contribution >= 4 is 17.7 Å². The van der Waals surface area contributed by atoms with Gasteiger partial charge in [0.1, 0.15) is 0 Å². The van der Waals surface area contributed by atoms with Crippen LogP contribution in [0.15, 0.2) is 0 Å². The fourth-order valence-corrected chi connectivity index (χ4v) is 4.10. The van der Waals surface area contributed by atoms with Crippen molar-refractivity contribution in [1.29, 1.82) is 0 Å². The maximum Gasteiger partial charge on any atom is 0.309 e. The third-order valence-electron chi connectivity index (χ3n) is 3.42. The molecule has 1 fully saturated rings. The SMILES string of the molecule is CCCCC(C(=O)O)C1(O)CSCC(C)(C)C1. The van der Waals surface area contributed by atoms with Crippen LogP contribution in [-0.4, -0.2) is 33.3 Å². The average Bonchev–Trinajstić information content (AvgIpc) is 2.15. The van der Waals surface area contributed by atoms with Gasteiger partial charge in [0.25, 0.3) is 0 Å². The number of carboxylic acids is 1. The van der Waals surface area contributed by atoms with Gasteiger partial charge in [-0.3, -0.25) is 4.79 Å². The van der Waals surface area contributed by atoms with Gasteiger partial charge in [-0.25, -0.2) is 0 Å². The van der Waals surface area contributed by atoms with Crippen LogP contribution in [0.2, 0.25) is 0 Å². The number of carboxylic acid groups (broad SMARTS) is 1. The van der Waals surface area contributed by atoms with Gasteiger partial charge in [0, 0.05) is 5.75 Å². The van der Waals surface area contributed by atoms with E-state index in [0.29, 0.717) is 18.6 Å². The Labute approximate surface area is 108 Å². The number of aliphatic hydroxyl groups is 1. The zero-order valence-corrected chi connectivity index (χ0v) is 11.8. The second-order valence-electron chi connectivity index (χ2n) is 5.97. The summed E-state index contributed by atoms with van der Waals surface area (Å²) < 4.78 is 0. The van der Waals surface area contributed by atoms with Crippen molar-refractivity contribution in [2.75, 3.05) is 11.5 Å². The summed E-state index contributed by atoms with van der Waals surface area (Å²) >= 11 is 1.67. The average molecular weight is 260 g/mol. The van der Waals surface area contributed by atoms with E-state index in [9.17, 15) is 15.0 Å². The fourth-order valence-electron chi connectivity index (χ4n) is 2.69. The summed E-state index contributed by atoms with van der Waals surface area (Å²) in [6.45, 7) is 6.24. The Balaban J connectivity index is 2.80. The van der Waals surface area contributed by atoms with Gasteiger partial charge in [-0.05, 0) is 24.0 Å². The van der Waals surface area contributed by atoms with Crippen molar-refractivity contribution in [1.82, 2.24) is 0 Å². The summed E-state index contributed by atoms with van der Waals surface area (Å²) in [7, 11) is 0. The molecule has 1 aliphatic rings. The first kappa shape index (κ1) is 14.8. The summed E-state index contributed by atoms with van der Waals surface area (Å²) in [5.74, 6) is 0.0841.